The maximum Gasteiger partial charge on any atom is 0.534 e. The largest absolute Gasteiger partial charge is 0.534 e. The minimum atomic E-state index is -5.86. The van der Waals surface area contributed by atoms with Gasteiger partial charge in [-0.15, -0.1) is 4.37 Å². The quantitative estimate of drug-likeness (QED) is 0.600. The van der Waals surface area contributed by atoms with Gasteiger partial charge in [0.2, 0.25) is 0 Å². The lowest BCUT2D eigenvalue weighted by Crippen LogP contribution is -2.28. The summed E-state index contributed by atoms with van der Waals surface area (Å²) in [5.41, 5.74) is -5.84. The van der Waals surface area contributed by atoms with Crippen molar-refractivity contribution in [3.8, 4) is 17.1 Å². The van der Waals surface area contributed by atoms with Crippen LogP contribution in [0.1, 0.15) is 0 Å². The van der Waals surface area contributed by atoms with Crippen molar-refractivity contribution in [1.29, 1.82) is 0 Å². The van der Waals surface area contributed by atoms with Gasteiger partial charge in [-0.25, -0.2) is 0 Å². The maximum absolute atomic E-state index is 12.3. The van der Waals surface area contributed by atoms with E-state index in [-0.39, 0.29) is 21.3 Å². The molecule has 12 heteroatoms. The zero-order valence-electron chi connectivity index (χ0n) is 9.56. The molecule has 0 saturated carbocycles. The monoisotopic (exact) mass is 378 g/mol. The Labute approximate surface area is 130 Å². The molecule has 21 heavy (non-hydrogen) atoms. The Morgan fingerprint density at radius 2 is 1.71 bits per heavy atom. The van der Waals surface area contributed by atoms with E-state index in [1.54, 1.807) is 0 Å². The molecular weight excluding hydrogens is 376 g/mol. The fourth-order valence-corrected chi connectivity index (χ4v) is 2.79. The highest BCUT2D eigenvalue weighted by Gasteiger charge is 2.49. The Balaban J connectivity index is 2.51. The number of rotatable bonds is 3. The van der Waals surface area contributed by atoms with Gasteiger partial charge in [0.25, 0.3) is 5.88 Å². The standard InChI is InChI=1S/C9H3Cl2F3N2O3S2/c10-4-2-1-3-5(11)6(4)7-8(16-20-15-7)19-21(17,18)9(12,13)14/h1-3H. The lowest BCUT2D eigenvalue weighted by molar-refractivity contribution is -0.0500. The zero-order valence-corrected chi connectivity index (χ0v) is 12.7. The van der Waals surface area contributed by atoms with E-state index < -0.39 is 21.5 Å². The lowest BCUT2D eigenvalue weighted by Gasteiger charge is -2.09. The second-order valence-electron chi connectivity index (χ2n) is 3.50. The van der Waals surface area contributed by atoms with E-state index in [1.165, 1.54) is 18.2 Å². The summed E-state index contributed by atoms with van der Waals surface area (Å²) in [6.07, 6.45) is 0. The summed E-state index contributed by atoms with van der Waals surface area (Å²) >= 11 is 12.2. The van der Waals surface area contributed by atoms with Gasteiger partial charge in [-0.3, -0.25) is 0 Å². The molecule has 0 radical (unpaired) electrons. The molecule has 1 aromatic carbocycles. The van der Waals surface area contributed by atoms with E-state index in [9.17, 15) is 21.6 Å². The van der Waals surface area contributed by atoms with Crippen LogP contribution in [0.15, 0.2) is 18.2 Å². The van der Waals surface area contributed by atoms with Gasteiger partial charge in [-0.05, 0) is 12.1 Å². The van der Waals surface area contributed by atoms with Crippen LogP contribution in [0, 0.1) is 0 Å². The summed E-state index contributed by atoms with van der Waals surface area (Å²) in [5, 5.41) is 0.119. The Hall–Kier alpha value is -1.10. The van der Waals surface area contributed by atoms with Crippen molar-refractivity contribution < 1.29 is 25.8 Å². The Kier molecular flexibility index (Phi) is 4.34. The summed E-state index contributed by atoms with van der Waals surface area (Å²) in [6, 6.07) is 4.31. The molecule has 0 amide bonds. The highest BCUT2D eigenvalue weighted by Crippen LogP contribution is 2.39. The first-order valence-corrected chi connectivity index (χ1v) is 7.80. The first-order chi connectivity index (χ1) is 9.63. The van der Waals surface area contributed by atoms with Crippen molar-refractivity contribution in [2.45, 2.75) is 5.51 Å². The van der Waals surface area contributed by atoms with Gasteiger partial charge in [-0.2, -0.15) is 26.0 Å². The summed E-state index contributed by atoms with van der Waals surface area (Å²) in [5.74, 6) is -0.840. The van der Waals surface area contributed by atoms with Crippen LogP contribution in [-0.4, -0.2) is 22.7 Å². The van der Waals surface area contributed by atoms with E-state index in [1.807, 2.05) is 0 Å². The molecule has 0 saturated heterocycles. The van der Waals surface area contributed by atoms with Crippen LogP contribution >= 0.6 is 34.9 Å². The molecule has 1 aromatic heterocycles. The van der Waals surface area contributed by atoms with Crippen molar-refractivity contribution in [1.82, 2.24) is 8.75 Å². The fraction of sp³-hybridized carbons (Fsp3) is 0.111. The van der Waals surface area contributed by atoms with Crippen molar-refractivity contribution in [2.24, 2.45) is 0 Å². The Bertz CT molecular complexity index is 757. The topological polar surface area (TPSA) is 69.2 Å². The number of hydrogen-bond donors (Lipinski definition) is 0. The van der Waals surface area contributed by atoms with E-state index in [0.29, 0.717) is 11.7 Å². The van der Waals surface area contributed by atoms with Gasteiger partial charge in [0, 0.05) is 5.56 Å². The fourth-order valence-electron chi connectivity index (χ4n) is 1.26. The van der Waals surface area contributed by atoms with E-state index >= 15 is 0 Å². The van der Waals surface area contributed by atoms with Crippen molar-refractivity contribution in [3.05, 3.63) is 28.2 Å². The van der Waals surface area contributed by atoms with Crippen molar-refractivity contribution in [3.63, 3.8) is 0 Å². The molecule has 0 aliphatic rings. The van der Waals surface area contributed by atoms with Gasteiger partial charge in [0.05, 0.1) is 21.8 Å². The van der Waals surface area contributed by atoms with Crippen LogP contribution in [0.2, 0.25) is 10.0 Å². The highest BCUT2D eigenvalue weighted by molar-refractivity contribution is 7.88. The molecule has 0 aliphatic heterocycles. The molecule has 114 valence electrons. The van der Waals surface area contributed by atoms with Gasteiger partial charge >= 0.3 is 15.6 Å². The first-order valence-electron chi connectivity index (χ1n) is 4.91. The molecule has 0 fully saturated rings. The first kappa shape index (κ1) is 16.3. The van der Waals surface area contributed by atoms with E-state index in [2.05, 4.69) is 12.9 Å². The number of halogens is 5. The molecule has 2 rings (SSSR count). The molecule has 0 unspecified atom stereocenters. The van der Waals surface area contributed by atoms with Crippen LogP contribution in [0.4, 0.5) is 13.2 Å². The molecule has 2 aromatic rings. The van der Waals surface area contributed by atoms with E-state index in [4.69, 9.17) is 23.2 Å². The molecular formula is C9H3Cl2F3N2O3S2. The maximum atomic E-state index is 12.3. The Morgan fingerprint density at radius 1 is 1.14 bits per heavy atom. The van der Waals surface area contributed by atoms with Crippen LogP contribution in [0.3, 0.4) is 0 Å². The molecule has 0 spiro atoms. The molecule has 0 bridgehead atoms. The third-order valence-corrected chi connectivity index (χ3v) is 4.22. The smallest absolute Gasteiger partial charge is 0.352 e. The predicted octanol–water partition coefficient (Wildman–Crippen LogP) is 3.74. The third-order valence-electron chi connectivity index (χ3n) is 2.13. The normalized spacial score (nSPS) is 12.4. The Morgan fingerprint density at radius 3 is 2.24 bits per heavy atom. The summed E-state index contributed by atoms with van der Waals surface area (Å²) in [6.45, 7) is 0. The summed E-state index contributed by atoms with van der Waals surface area (Å²) in [7, 11) is -5.86. The van der Waals surface area contributed by atoms with Gasteiger partial charge in [0.1, 0.15) is 0 Å². The number of hydrogen-bond acceptors (Lipinski definition) is 6. The third kappa shape index (κ3) is 3.23. The number of aromatic nitrogens is 2. The van der Waals surface area contributed by atoms with Crippen LogP contribution in [0.5, 0.6) is 5.88 Å². The molecule has 0 N–H and O–H groups in total. The average Bonchev–Trinajstić information content (AvgIpc) is 2.75. The molecule has 5 nitrogen and oxygen atoms in total. The van der Waals surface area contributed by atoms with Crippen LogP contribution in [0.25, 0.3) is 11.3 Å². The molecule has 0 atom stereocenters. The van der Waals surface area contributed by atoms with Crippen molar-refractivity contribution >= 4 is 45.0 Å². The van der Waals surface area contributed by atoms with Gasteiger partial charge in [0.15, 0.2) is 5.69 Å². The second kappa shape index (κ2) is 5.59. The average molecular weight is 379 g/mol. The second-order valence-corrected chi connectivity index (χ2v) is 6.38. The van der Waals surface area contributed by atoms with Gasteiger partial charge in [-0.1, -0.05) is 29.3 Å². The van der Waals surface area contributed by atoms with Crippen LogP contribution in [-0.2, 0) is 10.1 Å². The van der Waals surface area contributed by atoms with Gasteiger partial charge < -0.3 is 4.18 Å². The highest BCUT2D eigenvalue weighted by atomic mass is 35.5. The van der Waals surface area contributed by atoms with Crippen LogP contribution < -0.4 is 4.18 Å². The predicted molar refractivity (Wildman–Crippen MR) is 71.0 cm³/mol. The SMILES string of the molecule is O=S(=O)(Oc1nsnc1-c1c(Cl)cccc1Cl)C(F)(F)F. The summed E-state index contributed by atoms with van der Waals surface area (Å²) < 4.78 is 70.0. The minimum absolute atomic E-state index is 0.0296. The number of benzene rings is 1. The summed E-state index contributed by atoms with van der Waals surface area (Å²) in [4.78, 5) is 0. The van der Waals surface area contributed by atoms with E-state index in [0.717, 1.165) is 0 Å². The zero-order chi connectivity index (χ0) is 15.8. The molecule has 1 heterocycles. The molecule has 0 aliphatic carbocycles. The lowest BCUT2D eigenvalue weighted by atomic mass is 10.1. The number of alkyl halides is 3. The minimum Gasteiger partial charge on any atom is -0.352 e. The number of nitrogens with zero attached hydrogens (tertiary/aromatic N) is 2. The van der Waals surface area contributed by atoms with Crippen molar-refractivity contribution in [2.75, 3.05) is 0 Å².